The summed E-state index contributed by atoms with van der Waals surface area (Å²) >= 11 is 0. The average Bonchev–Trinajstić information content (AvgIpc) is 3.41. The molecular weight excluding hydrogens is 607 g/mol. The molecule has 1 unspecified atom stereocenters. The zero-order valence-electron chi connectivity index (χ0n) is 26.5. The van der Waals surface area contributed by atoms with E-state index < -0.39 is 24.0 Å². The van der Waals surface area contributed by atoms with E-state index in [2.05, 4.69) is 9.98 Å². The number of benzene rings is 2. The van der Waals surface area contributed by atoms with E-state index in [1.54, 1.807) is 49.5 Å². The van der Waals surface area contributed by atoms with E-state index >= 15 is 4.39 Å². The van der Waals surface area contributed by atoms with Gasteiger partial charge in [-0.25, -0.2) is 19.2 Å². The number of methoxy groups -OCH3 is 1. The van der Waals surface area contributed by atoms with Crippen LogP contribution in [0.2, 0.25) is 0 Å². The van der Waals surface area contributed by atoms with Crippen molar-refractivity contribution in [3.63, 3.8) is 0 Å². The molecule has 2 N–H and O–H groups in total. The monoisotopic (exact) mass is 644 g/mol. The lowest BCUT2D eigenvalue weighted by atomic mass is 9.98. The van der Waals surface area contributed by atoms with Gasteiger partial charge in [0.25, 0.3) is 5.91 Å². The van der Waals surface area contributed by atoms with Crippen molar-refractivity contribution in [2.75, 3.05) is 18.6 Å². The maximum atomic E-state index is 15.1. The summed E-state index contributed by atoms with van der Waals surface area (Å²) in [5, 5.41) is 0. The standard InChI is InChI=1S/C34H37FN6O6/c1-21(46-24-13-14-25(26(35)20-24)31(36)39-34(44)47-23-9-5-4-6-10-23)32-38-27-19-22(12-15-28(27)40(32)2)33(43)41(18-16-30(42)45-3)29-11-7-8-17-37-29/h7-8,11-15,17,19-21,23H,4-6,9-10,16,18H2,1-3H3,(H2,36,39,44). The van der Waals surface area contributed by atoms with Crippen molar-refractivity contribution in [1.29, 1.82) is 0 Å². The molecule has 1 saturated carbocycles. The van der Waals surface area contributed by atoms with Crippen LogP contribution in [0.3, 0.4) is 0 Å². The molecule has 1 aliphatic carbocycles. The van der Waals surface area contributed by atoms with E-state index in [0.29, 0.717) is 22.7 Å². The first-order chi connectivity index (χ1) is 22.6. The zero-order chi connectivity index (χ0) is 33.5. The van der Waals surface area contributed by atoms with Crippen LogP contribution < -0.4 is 15.4 Å². The van der Waals surface area contributed by atoms with Gasteiger partial charge in [-0.15, -0.1) is 0 Å². The highest BCUT2D eigenvalue weighted by Gasteiger charge is 2.23. The molecule has 0 aliphatic heterocycles. The number of carbonyl (C=O) groups excluding carboxylic acids is 3. The molecule has 2 amide bonds. The number of imidazole rings is 1. The van der Waals surface area contributed by atoms with Crippen LogP contribution in [-0.4, -0.2) is 58.1 Å². The smallest absolute Gasteiger partial charge is 0.435 e. The number of ether oxygens (including phenoxy) is 3. The SMILES string of the molecule is COC(=O)CCN(C(=O)c1ccc2c(c1)nc(C(C)Oc1ccc(/C(N)=N\C(=O)OC3CCCCC3)c(F)c1)n2C)c1ccccn1. The number of pyridine rings is 1. The second kappa shape index (κ2) is 14.8. The molecule has 13 heteroatoms. The minimum atomic E-state index is -0.833. The number of hydrogen-bond donors (Lipinski definition) is 1. The van der Waals surface area contributed by atoms with E-state index in [1.807, 2.05) is 11.6 Å². The lowest BCUT2D eigenvalue weighted by Gasteiger charge is -2.21. The topological polar surface area (TPSA) is 151 Å². The molecule has 1 aliphatic rings. The molecule has 4 aromatic rings. The number of halogens is 1. The Labute approximate surface area is 271 Å². The number of aryl methyl sites for hydroxylation is 1. The van der Waals surface area contributed by atoms with Crippen LogP contribution in [0, 0.1) is 5.82 Å². The normalized spacial score (nSPS) is 14.4. The van der Waals surface area contributed by atoms with Gasteiger partial charge in [-0.05, 0) is 75.1 Å². The molecule has 5 rings (SSSR count). The first-order valence-corrected chi connectivity index (χ1v) is 15.4. The van der Waals surface area contributed by atoms with Crippen LogP contribution in [0.4, 0.5) is 15.0 Å². The van der Waals surface area contributed by atoms with Crippen molar-refractivity contribution in [3.8, 4) is 5.75 Å². The number of esters is 1. The second-order valence-electron chi connectivity index (χ2n) is 11.2. The maximum absolute atomic E-state index is 15.1. The third-order valence-electron chi connectivity index (χ3n) is 8.02. The van der Waals surface area contributed by atoms with Gasteiger partial charge in [0.2, 0.25) is 0 Å². The molecule has 1 fully saturated rings. The van der Waals surface area contributed by atoms with Gasteiger partial charge in [-0.2, -0.15) is 4.99 Å². The summed E-state index contributed by atoms with van der Waals surface area (Å²) in [5.41, 5.74) is 7.53. The molecule has 2 aromatic heterocycles. The van der Waals surface area contributed by atoms with Crippen molar-refractivity contribution in [3.05, 3.63) is 83.6 Å². The molecule has 1 atom stereocenters. The van der Waals surface area contributed by atoms with Crippen LogP contribution in [0.15, 0.2) is 65.8 Å². The molecule has 2 aromatic carbocycles. The summed E-state index contributed by atoms with van der Waals surface area (Å²) in [5.74, 6) is -0.640. The fraction of sp³-hybridized carbons (Fsp3) is 0.353. The van der Waals surface area contributed by atoms with Crippen molar-refractivity contribution in [2.24, 2.45) is 17.8 Å². The minimum absolute atomic E-state index is 0.00241. The molecule has 0 saturated heterocycles. The van der Waals surface area contributed by atoms with Crippen molar-refractivity contribution in [1.82, 2.24) is 14.5 Å². The van der Waals surface area contributed by atoms with E-state index in [4.69, 9.17) is 24.9 Å². The second-order valence-corrected chi connectivity index (χ2v) is 11.2. The molecule has 0 radical (unpaired) electrons. The van der Waals surface area contributed by atoms with Gasteiger partial charge in [0, 0.05) is 31.4 Å². The van der Waals surface area contributed by atoms with Crippen LogP contribution >= 0.6 is 0 Å². The number of fused-ring (bicyclic) bond motifs is 1. The number of aliphatic imine (C=N–C) groups is 1. The van der Waals surface area contributed by atoms with E-state index in [9.17, 15) is 14.4 Å². The molecule has 0 spiro atoms. The van der Waals surface area contributed by atoms with Crippen molar-refractivity contribution in [2.45, 2.75) is 57.7 Å². The van der Waals surface area contributed by atoms with Gasteiger partial charge in [0.05, 0.1) is 30.1 Å². The quantitative estimate of drug-likeness (QED) is 0.132. The Morgan fingerprint density at radius 2 is 1.89 bits per heavy atom. The minimum Gasteiger partial charge on any atom is -0.483 e. The summed E-state index contributed by atoms with van der Waals surface area (Å²) in [6.07, 6.45) is 4.60. The summed E-state index contributed by atoms with van der Waals surface area (Å²) in [4.78, 5) is 51.8. The van der Waals surface area contributed by atoms with Crippen molar-refractivity contribution >= 4 is 40.7 Å². The Balaban J connectivity index is 1.30. The molecule has 47 heavy (non-hydrogen) atoms. The van der Waals surface area contributed by atoms with Crippen LogP contribution in [0.25, 0.3) is 11.0 Å². The third kappa shape index (κ3) is 7.91. The number of amidine groups is 1. The fourth-order valence-corrected chi connectivity index (χ4v) is 5.55. The molecule has 246 valence electrons. The van der Waals surface area contributed by atoms with Gasteiger partial charge >= 0.3 is 12.1 Å². The Bertz CT molecular complexity index is 1790. The predicted octanol–water partition coefficient (Wildman–Crippen LogP) is 5.63. The molecular formula is C34H37FN6O6. The van der Waals surface area contributed by atoms with E-state index in [1.165, 1.54) is 30.2 Å². The predicted molar refractivity (Wildman–Crippen MR) is 173 cm³/mol. The zero-order valence-corrected chi connectivity index (χ0v) is 26.5. The highest BCUT2D eigenvalue weighted by atomic mass is 19.1. The highest BCUT2D eigenvalue weighted by Crippen LogP contribution is 2.27. The average molecular weight is 645 g/mol. The van der Waals surface area contributed by atoms with Gasteiger partial charge in [0.15, 0.2) is 11.9 Å². The maximum Gasteiger partial charge on any atom is 0.435 e. The van der Waals surface area contributed by atoms with Gasteiger partial charge < -0.3 is 24.5 Å². The summed E-state index contributed by atoms with van der Waals surface area (Å²) in [7, 11) is 3.11. The van der Waals surface area contributed by atoms with Gasteiger partial charge in [0.1, 0.15) is 29.3 Å². The first kappa shape index (κ1) is 33.0. The fourth-order valence-electron chi connectivity index (χ4n) is 5.55. The first-order valence-electron chi connectivity index (χ1n) is 15.4. The largest absolute Gasteiger partial charge is 0.483 e. The highest BCUT2D eigenvalue weighted by molar-refractivity contribution is 6.07. The number of amides is 2. The number of nitrogens with two attached hydrogens (primary N) is 1. The summed E-state index contributed by atoms with van der Waals surface area (Å²) < 4.78 is 33.0. The Morgan fingerprint density at radius 3 is 2.60 bits per heavy atom. The summed E-state index contributed by atoms with van der Waals surface area (Å²) in [6.45, 7) is 1.85. The Hall–Kier alpha value is -5.33. The number of rotatable bonds is 10. The Morgan fingerprint density at radius 1 is 1.11 bits per heavy atom. The molecule has 0 bridgehead atoms. The van der Waals surface area contributed by atoms with Crippen LogP contribution in [0.1, 0.15) is 73.3 Å². The van der Waals surface area contributed by atoms with Crippen molar-refractivity contribution < 1.29 is 33.0 Å². The lowest BCUT2D eigenvalue weighted by Crippen LogP contribution is -2.33. The van der Waals surface area contributed by atoms with E-state index in [0.717, 1.165) is 37.6 Å². The number of anilines is 1. The molecule has 2 heterocycles. The lowest BCUT2D eigenvalue weighted by molar-refractivity contribution is -0.140. The Kier molecular flexibility index (Phi) is 10.4. The summed E-state index contributed by atoms with van der Waals surface area (Å²) in [6, 6.07) is 14.4. The number of aromatic nitrogens is 3. The number of nitrogens with zero attached hydrogens (tertiary/aromatic N) is 5. The molecule has 12 nitrogen and oxygen atoms in total. The third-order valence-corrected chi connectivity index (χ3v) is 8.02. The number of carbonyl (C=O) groups is 3. The van der Waals surface area contributed by atoms with Crippen LogP contribution in [-0.2, 0) is 21.3 Å². The van der Waals surface area contributed by atoms with Gasteiger partial charge in [-0.1, -0.05) is 12.5 Å². The van der Waals surface area contributed by atoms with Crippen LogP contribution in [0.5, 0.6) is 5.75 Å². The van der Waals surface area contributed by atoms with E-state index in [-0.39, 0.29) is 42.1 Å². The van der Waals surface area contributed by atoms with Gasteiger partial charge in [-0.3, -0.25) is 14.5 Å². The number of hydrogen-bond acceptors (Lipinski definition) is 8.